The SMILES string of the molecule is CN(C)CCCN(C)C(CN)c1c(F)cccc1Cl. The molecule has 1 aromatic rings. The highest BCUT2D eigenvalue weighted by atomic mass is 35.5. The van der Waals surface area contributed by atoms with Gasteiger partial charge in [0.05, 0.1) is 6.04 Å². The predicted molar refractivity (Wildman–Crippen MR) is 79.0 cm³/mol. The van der Waals surface area contributed by atoms with Crippen molar-refractivity contribution < 1.29 is 4.39 Å². The molecule has 0 aromatic heterocycles. The van der Waals surface area contributed by atoms with Gasteiger partial charge in [0, 0.05) is 17.1 Å². The second kappa shape index (κ2) is 7.80. The molecular weight excluding hydrogens is 265 g/mol. The Morgan fingerprint density at radius 1 is 1.26 bits per heavy atom. The lowest BCUT2D eigenvalue weighted by molar-refractivity contribution is 0.231. The lowest BCUT2D eigenvalue weighted by atomic mass is 10.0. The molecule has 0 aliphatic carbocycles. The molecule has 0 aliphatic rings. The van der Waals surface area contributed by atoms with E-state index >= 15 is 0 Å². The van der Waals surface area contributed by atoms with E-state index in [0.717, 1.165) is 19.5 Å². The molecule has 0 fully saturated rings. The largest absolute Gasteiger partial charge is 0.329 e. The highest BCUT2D eigenvalue weighted by Crippen LogP contribution is 2.28. The Balaban J connectivity index is 2.76. The number of benzene rings is 1. The summed E-state index contributed by atoms with van der Waals surface area (Å²) in [5, 5.41) is 0.440. The van der Waals surface area contributed by atoms with Crippen LogP contribution < -0.4 is 5.73 Å². The molecule has 0 heterocycles. The summed E-state index contributed by atoms with van der Waals surface area (Å²) in [4.78, 5) is 4.19. The van der Waals surface area contributed by atoms with E-state index in [1.807, 2.05) is 21.1 Å². The van der Waals surface area contributed by atoms with E-state index in [-0.39, 0.29) is 11.9 Å². The maximum absolute atomic E-state index is 13.9. The van der Waals surface area contributed by atoms with Crippen molar-refractivity contribution >= 4 is 11.6 Å². The topological polar surface area (TPSA) is 32.5 Å². The van der Waals surface area contributed by atoms with Crippen LogP contribution >= 0.6 is 11.6 Å². The third-order valence-corrected chi connectivity index (χ3v) is 3.53. The molecular formula is C14H23ClFN3. The van der Waals surface area contributed by atoms with Crippen molar-refractivity contribution in [1.29, 1.82) is 0 Å². The quantitative estimate of drug-likeness (QED) is 0.836. The van der Waals surface area contributed by atoms with Crippen LogP contribution in [0.1, 0.15) is 18.0 Å². The van der Waals surface area contributed by atoms with Crippen molar-refractivity contribution in [3.63, 3.8) is 0 Å². The Labute approximate surface area is 120 Å². The predicted octanol–water partition coefficient (Wildman–Crippen LogP) is 2.36. The highest BCUT2D eigenvalue weighted by Gasteiger charge is 2.21. The van der Waals surface area contributed by atoms with Gasteiger partial charge in [0.1, 0.15) is 5.82 Å². The maximum atomic E-state index is 13.9. The first-order chi connectivity index (χ1) is 8.97. The number of nitrogens with zero attached hydrogens (tertiary/aromatic N) is 2. The van der Waals surface area contributed by atoms with Gasteiger partial charge in [-0.1, -0.05) is 17.7 Å². The van der Waals surface area contributed by atoms with Crippen LogP contribution in [0.3, 0.4) is 0 Å². The minimum Gasteiger partial charge on any atom is -0.329 e. The fourth-order valence-electron chi connectivity index (χ4n) is 2.14. The molecule has 0 radical (unpaired) electrons. The smallest absolute Gasteiger partial charge is 0.129 e. The fraction of sp³-hybridized carbons (Fsp3) is 0.571. The Kier molecular flexibility index (Phi) is 6.72. The monoisotopic (exact) mass is 287 g/mol. The Bertz CT molecular complexity index is 378. The third kappa shape index (κ3) is 4.73. The summed E-state index contributed by atoms with van der Waals surface area (Å²) in [5.74, 6) is -0.289. The van der Waals surface area contributed by atoms with Gasteiger partial charge >= 0.3 is 0 Å². The minimum atomic E-state index is -0.289. The fourth-order valence-corrected chi connectivity index (χ4v) is 2.43. The molecule has 0 saturated heterocycles. The Morgan fingerprint density at radius 3 is 2.47 bits per heavy atom. The molecule has 1 atom stereocenters. The van der Waals surface area contributed by atoms with Crippen LogP contribution in [0.5, 0.6) is 0 Å². The zero-order chi connectivity index (χ0) is 14.4. The van der Waals surface area contributed by atoms with Crippen molar-refractivity contribution in [2.75, 3.05) is 40.8 Å². The average molecular weight is 288 g/mol. The molecule has 0 aliphatic heterocycles. The van der Waals surface area contributed by atoms with Crippen LogP contribution in [0, 0.1) is 5.82 Å². The van der Waals surface area contributed by atoms with E-state index in [1.54, 1.807) is 12.1 Å². The molecule has 1 rings (SSSR count). The van der Waals surface area contributed by atoms with Crippen LogP contribution in [0.2, 0.25) is 5.02 Å². The lowest BCUT2D eigenvalue weighted by Crippen LogP contribution is -2.33. The molecule has 3 nitrogen and oxygen atoms in total. The second-order valence-corrected chi connectivity index (χ2v) is 5.43. The van der Waals surface area contributed by atoms with E-state index < -0.39 is 0 Å². The number of halogens is 2. The molecule has 0 saturated carbocycles. The summed E-state index contributed by atoms with van der Waals surface area (Å²) in [7, 11) is 6.03. The number of hydrogen-bond acceptors (Lipinski definition) is 3. The summed E-state index contributed by atoms with van der Waals surface area (Å²) >= 11 is 6.10. The van der Waals surface area contributed by atoms with Gasteiger partial charge in [-0.25, -0.2) is 4.39 Å². The summed E-state index contributed by atoms with van der Waals surface area (Å²) in [5.41, 5.74) is 6.30. The summed E-state index contributed by atoms with van der Waals surface area (Å²) < 4.78 is 13.9. The third-order valence-electron chi connectivity index (χ3n) is 3.20. The summed E-state index contributed by atoms with van der Waals surface area (Å²) in [6.45, 7) is 2.19. The van der Waals surface area contributed by atoms with Crippen LogP contribution in [-0.4, -0.2) is 50.6 Å². The molecule has 5 heteroatoms. The first-order valence-corrected chi connectivity index (χ1v) is 6.84. The minimum absolute atomic E-state index is 0.184. The number of rotatable bonds is 7. The van der Waals surface area contributed by atoms with Gasteiger partial charge in [-0.2, -0.15) is 0 Å². The molecule has 1 aromatic carbocycles. The Hall–Kier alpha value is -0.680. The van der Waals surface area contributed by atoms with Gasteiger partial charge < -0.3 is 10.6 Å². The standard InChI is InChI=1S/C14H23ClFN3/c1-18(2)8-5-9-19(3)13(10-17)14-11(15)6-4-7-12(14)16/h4,6-7,13H,5,8-10,17H2,1-3H3. The van der Waals surface area contributed by atoms with Crippen LogP contribution in [0.25, 0.3) is 0 Å². The van der Waals surface area contributed by atoms with E-state index in [2.05, 4.69) is 9.80 Å². The van der Waals surface area contributed by atoms with Crippen LogP contribution in [-0.2, 0) is 0 Å². The molecule has 108 valence electrons. The van der Waals surface area contributed by atoms with Crippen LogP contribution in [0.4, 0.5) is 4.39 Å². The number of likely N-dealkylation sites (N-methyl/N-ethyl adjacent to an activating group) is 1. The first kappa shape index (κ1) is 16.4. The van der Waals surface area contributed by atoms with Crippen molar-refractivity contribution in [3.05, 3.63) is 34.6 Å². The van der Waals surface area contributed by atoms with Gasteiger partial charge in [-0.3, -0.25) is 4.90 Å². The zero-order valence-corrected chi connectivity index (χ0v) is 12.6. The van der Waals surface area contributed by atoms with Gasteiger partial charge in [0.2, 0.25) is 0 Å². The highest BCUT2D eigenvalue weighted by molar-refractivity contribution is 6.31. The molecule has 0 bridgehead atoms. The van der Waals surface area contributed by atoms with E-state index in [0.29, 0.717) is 17.1 Å². The zero-order valence-electron chi connectivity index (χ0n) is 11.9. The van der Waals surface area contributed by atoms with Crippen molar-refractivity contribution in [1.82, 2.24) is 9.80 Å². The average Bonchev–Trinajstić information content (AvgIpc) is 2.33. The van der Waals surface area contributed by atoms with Crippen molar-refractivity contribution in [3.8, 4) is 0 Å². The van der Waals surface area contributed by atoms with E-state index in [9.17, 15) is 4.39 Å². The summed E-state index contributed by atoms with van der Waals surface area (Å²) in [6.07, 6.45) is 1.01. The first-order valence-electron chi connectivity index (χ1n) is 6.46. The van der Waals surface area contributed by atoms with Crippen molar-refractivity contribution in [2.24, 2.45) is 5.73 Å². The second-order valence-electron chi connectivity index (χ2n) is 5.02. The van der Waals surface area contributed by atoms with E-state index in [1.165, 1.54) is 6.07 Å². The number of nitrogens with two attached hydrogens (primary N) is 1. The van der Waals surface area contributed by atoms with Gasteiger partial charge in [0.25, 0.3) is 0 Å². The molecule has 0 amide bonds. The maximum Gasteiger partial charge on any atom is 0.129 e. The van der Waals surface area contributed by atoms with Crippen LogP contribution in [0.15, 0.2) is 18.2 Å². The molecule has 19 heavy (non-hydrogen) atoms. The van der Waals surface area contributed by atoms with Crippen molar-refractivity contribution in [2.45, 2.75) is 12.5 Å². The molecule has 1 unspecified atom stereocenters. The van der Waals surface area contributed by atoms with E-state index in [4.69, 9.17) is 17.3 Å². The van der Waals surface area contributed by atoms with Gasteiger partial charge in [-0.15, -0.1) is 0 Å². The van der Waals surface area contributed by atoms with Gasteiger partial charge in [-0.05, 0) is 52.8 Å². The molecule has 0 spiro atoms. The van der Waals surface area contributed by atoms with Gasteiger partial charge in [0.15, 0.2) is 0 Å². The summed E-state index contributed by atoms with van der Waals surface area (Å²) in [6, 6.07) is 4.56. The Morgan fingerprint density at radius 2 is 1.95 bits per heavy atom. The molecule has 2 N–H and O–H groups in total. The lowest BCUT2D eigenvalue weighted by Gasteiger charge is -2.28. The normalized spacial score (nSPS) is 13.3. The number of hydrogen-bond donors (Lipinski definition) is 1.